The van der Waals surface area contributed by atoms with Crippen molar-refractivity contribution in [2.75, 3.05) is 0 Å². The molecule has 0 saturated heterocycles. The fraction of sp³-hybridized carbons (Fsp3) is 0.467. The van der Waals surface area contributed by atoms with Crippen molar-refractivity contribution >= 4 is 0 Å². The van der Waals surface area contributed by atoms with Gasteiger partial charge in [-0.25, -0.2) is 0 Å². The molecule has 2 aromatic rings. The molecule has 0 bridgehead atoms. The Morgan fingerprint density at radius 2 is 2.05 bits per heavy atom. The van der Waals surface area contributed by atoms with Crippen molar-refractivity contribution in [1.82, 2.24) is 14.8 Å². The molecule has 0 aliphatic heterocycles. The standard InChI is InChI=1S/C15H20N4/c1-11-17-18-15(19(11)14-7-2-3-8-14)13-6-4-5-12(9-13)10-16/h4-6,9,14H,2-3,7-8,10,16H2,1H3. The number of hydrogen-bond donors (Lipinski definition) is 1. The predicted molar refractivity (Wildman–Crippen MR) is 75.6 cm³/mol. The molecule has 1 aromatic heterocycles. The van der Waals surface area contributed by atoms with Gasteiger partial charge in [0.1, 0.15) is 5.82 Å². The van der Waals surface area contributed by atoms with Gasteiger partial charge in [0.25, 0.3) is 0 Å². The summed E-state index contributed by atoms with van der Waals surface area (Å²) in [6.45, 7) is 2.60. The van der Waals surface area contributed by atoms with E-state index in [4.69, 9.17) is 5.73 Å². The lowest BCUT2D eigenvalue weighted by Crippen LogP contribution is -2.09. The normalized spacial score (nSPS) is 16.1. The van der Waals surface area contributed by atoms with Crippen LogP contribution in [0.5, 0.6) is 0 Å². The van der Waals surface area contributed by atoms with Crippen LogP contribution in [0.4, 0.5) is 0 Å². The van der Waals surface area contributed by atoms with Crippen LogP contribution in [0.3, 0.4) is 0 Å². The molecule has 3 rings (SSSR count). The molecule has 0 unspecified atom stereocenters. The van der Waals surface area contributed by atoms with E-state index in [2.05, 4.69) is 26.9 Å². The molecule has 0 amide bonds. The molecule has 4 nitrogen and oxygen atoms in total. The molecule has 1 aliphatic rings. The third-order valence-corrected chi connectivity index (χ3v) is 3.98. The number of aryl methyl sites for hydroxylation is 1. The van der Waals surface area contributed by atoms with Crippen LogP contribution in [0.25, 0.3) is 11.4 Å². The van der Waals surface area contributed by atoms with Gasteiger partial charge < -0.3 is 10.3 Å². The van der Waals surface area contributed by atoms with Crippen LogP contribution < -0.4 is 5.73 Å². The number of benzene rings is 1. The van der Waals surface area contributed by atoms with Crippen molar-refractivity contribution in [2.45, 2.75) is 45.2 Å². The second kappa shape index (κ2) is 5.13. The van der Waals surface area contributed by atoms with Gasteiger partial charge in [-0.3, -0.25) is 0 Å². The minimum absolute atomic E-state index is 0.560. The van der Waals surface area contributed by atoms with Gasteiger partial charge in [-0.05, 0) is 31.4 Å². The summed E-state index contributed by atoms with van der Waals surface area (Å²) >= 11 is 0. The first-order valence-corrected chi connectivity index (χ1v) is 7.00. The van der Waals surface area contributed by atoms with Crippen molar-refractivity contribution in [3.63, 3.8) is 0 Å². The van der Waals surface area contributed by atoms with Crippen molar-refractivity contribution in [3.8, 4) is 11.4 Å². The molecule has 0 atom stereocenters. The van der Waals surface area contributed by atoms with Crippen molar-refractivity contribution in [2.24, 2.45) is 5.73 Å². The smallest absolute Gasteiger partial charge is 0.164 e. The maximum atomic E-state index is 5.72. The zero-order valence-corrected chi connectivity index (χ0v) is 11.3. The number of rotatable bonds is 3. The van der Waals surface area contributed by atoms with Crippen LogP contribution in [0.2, 0.25) is 0 Å². The van der Waals surface area contributed by atoms with E-state index in [1.54, 1.807) is 0 Å². The summed E-state index contributed by atoms with van der Waals surface area (Å²) in [5.74, 6) is 2.00. The monoisotopic (exact) mass is 256 g/mol. The van der Waals surface area contributed by atoms with Gasteiger partial charge in [0.2, 0.25) is 0 Å². The van der Waals surface area contributed by atoms with Crippen LogP contribution in [0, 0.1) is 6.92 Å². The van der Waals surface area contributed by atoms with Crippen LogP contribution >= 0.6 is 0 Å². The van der Waals surface area contributed by atoms with Gasteiger partial charge >= 0.3 is 0 Å². The average Bonchev–Trinajstić information content (AvgIpc) is 3.07. The van der Waals surface area contributed by atoms with Crippen LogP contribution in [-0.2, 0) is 6.54 Å². The maximum Gasteiger partial charge on any atom is 0.164 e. The highest BCUT2D eigenvalue weighted by Gasteiger charge is 2.22. The fourth-order valence-electron chi connectivity index (χ4n) is 3.00. The number of nitrogens with two attached hydrogens (primary N) is 1. The Hall–Kier alpha value is -1.68. The molecule has 0 radical (unpaired) electrons. The van der Waals surface area contributed by atoms with Gasteiger partial charge in [-0.2, -0.15) is 0 Å². The van der Waals surface area contributed by atoms with E-state index in [1.165, 1.54) is 25.7 Å². The first kappa shape index (κ1) is 12.4. The average molecular weight is 256 g/mol. The van der Waals surface area contributed by atoms with Crippen LogP contribution in [0.15, 0.2) is 24.3 Å². The molecule has 2 N–H and O–H groups in total. The first-order chi connectivity index (χ1) is 9.29. The number of aromatic nitrogens is 3. The fourth-order valence-corrected chi connectivity index (χ4v) is 3.00. The van der Waals surface area contributed by atoms with Gasteiger partial charge in [-0.15, -0.1) is 10.2 Å². The summed E-state index contributed by atoms with van der Waals surface area (Å²) in [5, 5.41) is 8.65. The first-order valence-electron chi connectivity index (χ1n) is 7.00. The van der Waals surface area contributed by atoms with E-state index in [1.807, 2.05) is 19.1 Å². The Balaban J connectivity index is 2.04. The van der Waals surface area contributed by atoms with Crippen molar-refractivity contribution in [3.05, 3.63) is 35.7 Å². The highest BCUT2D eigenvalue weighted by atomic mass is 15.3. The van der Waals surface area contributed by atoms with Gasteiger partial charge in [0.15, 0.2) is 5.82 Å². The molecule has 1 saturated carbocycles. The predicted octanol–water partition coefficient (Wildman–Crippen LogP) is 2.83. The summed E-state index contributed by atoms with van der Waals surface area (Å²) in [4.78, 5) is 0. The summed E-state index contributed by atoms with van der Waals surface area (Å²) < 4.78 is 2.31. The van der Waals surface area contributed by atoms with E-state index >= 15 is 0 Å². The van der Waals surface area contributed by atoms with Gasteiger partial charge in [-0.1, -0.05) is 31.0 Å². The highest BCUT2D eigenvalue weighted by molar-refractivity contribution is 5.56. The van der Waals surface area contributed by atoms with Crippen molar-refractivity contribution in [1.29, 1.82) is 0 Å². The lowest BCUT2D eigenvalue weighted by atomic mass is 10.1. The molecule has 1 heterocycles. The van der Waals surface area contributed by atoms with E-state index in [0.29, 0.717) is 12.6 Å². The Morgan fingerprint density at radius 1 is 1.26 bits per heavy atom. The van der Waals surface area contributed by atoms with E-state index in [0.717, 1.165) is 22.8 Å². The molecule has 100 valence electrons. The third kappa shape index (κ3) is 2.28. The summed E-state index contributed by atoms with van der Waals surface area (Å²) in [6.07, 6.45) is 5.10. The highest BCUT2D eigenvalue weighted by Crippen LogP contribution is 2.33. The van der Waals surface area contributed by atoms with Gasteiger partial charge in [0.05, 0.1) is 0 Å². The molecule has 1 aromatic carbocycles. The second-order valence-electron chi connectivity index (χ2n) is 5.28. The minimum atomic E-state index is 0.560. The van der Waals surface area contributed by atoms with Crippen LogP contribution in [0.1, 0.15) is 43.1 Å². The third-order valence-electron chi connectivity index (χ3n) is 3.98. The van der Waals surface area contributed by atoms with E-state index in [9.17, 15) is 0 Å². The molecule has 4 heteroatoms. The summed E-state index contributed by atoms with van der Waals surface area (Å²) in [6, 6.07) is 8.86. The minimum Gasteiger partial charge on any atom is -0.326 e. The Bertz CT molecular complexity index is 567. The number of hydrogen-bond acceptors (Lipinski definition) is 3. The molecule has 19 heavy (non-hydrogen) atoms. The zero-order chi connectivity index (χ0) is 13.2. The maximum absolute atomic E-state index is 5.72. The molecular formula is C15H20N4. The van der Waals surface area contributed by atoms with E-state index < -0.39 is 0 Å². The van der Waals surface area contributed by atoms with E-state index in [-0.39, 0.29) is 0 Å². The molecular weight excluding hydrogens is 236 g/mol. The summed E-state index contributed by atoms with van der Waals surface area (Å²) in [7, 11) is 0. The largest absolute Gasteiger partial charge is 0.326 e. The van der Waals surface area contributed by atoms with Crippen LogP contribution in [-0.4, -0.2) is 14.8 Å². The molecule has 1 aliphatic carbocycles. The number of nitrogens with zero attached hydrogens (tertiary/aromatic N) is 3. The topological polar surface area (TPSA) is 56.7 Å². The lowest BCUT2D eigenvalue weighted by Gasteiger charge is -2.16. The van der Waals surface area contributed by atoms with Crippen molar-refractivity contribution < 1.29 is 0 Å². The second-order valence-corrected chi connectivity index (χ2v) is 5.28. The lowest BCUT2D eigenvalue weighted by molar-refractivity contribution is 0.510. The van der Waals surface area contributed by atoms with Gasteiger partial charge in [0, 0.05) is 18.2 Å². The molecule has 0 spiro atoms. The SMILES string of the molecule is Cc1nnc(-c2cccc(CN)c2)n1C1CCCC1. The Morgan fingerprint density at radius 3 is 2.79 bits per heavy atom. The quantitative estimate of drug-likeness (QED) is 0.918. The summed E-state index contributed by atoms with van der Waals surface area (Å²) in [5.41, 5.74) is 7.98. The zero-order valence-electron chi connectivity index (χ0n) is 11.3. The molecule has 1 fully saturated rings. The Labute approximate surface area is 113 Å². The Kier molecular flexibility index (Phi) is 3.34.